The van der Waals surface area contributed by atoms with Crippen LogP contribution in [0.2, 0.25) is 0 Å². The van der Waals surface area contributed by atoms with Crippen LogP contribution in [0.25, 0.3) is 11.1 Å². The molecule has 2 heterocycles. The Balaban J connectivity index is 1.42. The maximum absolute atomic E-state index is 12.3. The van der Waals surface area contributed by atoms with Gasteiger partial charge in [0.2, 0.25) is 12.7 Å². The lowest BCUT2D eigenvalue weighted by atomic mass is 10.0. The van der Waals surface area contributed by atoms with Gasteiger partial charge in [0.1, 0.15) is 0 Å². The van der Waals surface area contributed by atoms with Gasteiger partial charge in [-0.1, -0.05) is 30.3 Å². The summed E-state index contributed by atoms with van der Waals surface area (Å²) < 4.78 is 12.4. The first kappa shape index (κ1) is 16.2. The zero-order chi connectivity index (χ0) is 17.9. The van der Waals surface area contributed by atoms with Crippen molar-refractivity contribution in [2.75, 3.05) is 6.79 Å². The molecule has 0 aliphatic carbocycles. The number of hydrogen-bond acceptors (Lipinski definition) is 4. The Bertz CT molecular complexity index is 949. The lowest BCUT2D eigenvalue weighted by Crippen LogP contribution is -2.24. The molecule has 1 N–H and O–H groups in total. The molecule has 1 amide bonds. The van der Waals surface area contributed by atoms with Gasteiger partial charge in [-0.2, -0.15) is 5.10 Å². The van der Waals surface area contributed by atoms with Gasteiger partial charge < -0.3 is 14.8 Å². The van der Waals surface area contributed by atoms with E-state index >= 15 is 0 Å². The van der Waals surface area contributed by atoms with Gasteiger partial charge in [0.15, 0.2) is 11.5 Å². The largest absolute Gasteiger partial charge is 0.454 e. The number of ether oxygens (including phenoxy) is 2. The molecule has 0 saturated heterocycles. The highest BCUT2D eigenvalue weighted by atomic mass is 16.7. The molecule has 6 nitrogen and oxygen atoms in total. The van der Waals surface area contributed by atoms with Crippen molar-refractivity contribution in [1.29, 1.82) is 0 Å². The Morgan fingerprint density at radius 1 is 1.19 bits per heavy atom. The number of nitrogens with zero attached hydrogens (tertiary/aromatic N) is 2. The number of carbonyl (C=O) groups is 1. The van der Waals surface area contributed by atoms with E-state index in [9.17, 15) is 4.79 Å². The first-order valence-corrected chi connectivity index (χ1v) is 8.41. The van der Waals surface area contributed by atoms with Crippen molar-refractivity contribution in [3.05, 3.63) is 66.0 Å². The molecule has 0 atom stereocenters. The van der Waals surface area contributed by atoms with Crippen LogP contribution in [0.1, 0.15) is 11.1 Å². The normalized spacial score (nSPS) is 12.2. The minimum Gasteiger partial charge on any atom is -0.454 e. The number of nitrogens with one attached hydrogen (secondary N) is 1. The van der Waals surface area contributed by atoms with Crippen LogP contribution >= 0.6 is 0 Å². The molecule has 132 valence electrons. The van der Waals surface area contributed by atoms with Gasteiger partial charge in [-0.15, -0.1) is 0 Å². The predicted octanol–water partition coefficient (Wildman–Crippen LogP) is 2.67. The average molecular weight is 349 g/mol. The van der Waals surface area contributed by atoms with E-state index in [4.69, 9.17) is 9.47 Å². The third-order valence-electron chi connectivity index (χ3n) is 4.31. The van der Waals surface area contributed by atoms with Gasteiger partial charge in [0, 0.05) is 25.4 Å². The molecule has 1 aliphatic rings. The lowest BCUT2D eigenvalue weighted by molar-refractivity contribution is -0.120. The fraction of sp³-hybridized carbons (Fsp3) is 0.200. The monoisotopic (exact) mass is 349 g/mol. The minimum atomic E-state index is -0.0372. The summed E-state index contributed by atoms with van der Waals surface area (Å²) >= 11 is 0. The molecule has 0 unspecified atom stereocenters. The summed E-state index contributed by atoms with van der Waals surface area (Å²) in [5.41, 5.74) is 4.06. The van der Waals surface area contributed by atoms with E-state index in [0.717, 1.165) is 28.0 Å². The molecule has 4 rings (SSSR count). The molecule has 1 aromatic heterocycles. The highest BCUT2D eigenvalue weighted by molar-refractivity contribution is 5.79. The molecule has 0 fully saturated rings. The maximum Gasteiger partial charge on any atom is 0.231 e. The van der Waals surface area contributed by atoms with Gasteiger partial charge in [0.25, 0.3) is 0 Å². The topological polar surface area (TPSA) is 65.4 Å². The van der Waals surface area contributed by atoms with Crippen molar-refractivity contribution < 1.29 is 14.3 Å². The van der Waals surface area contributed by atoms with Crippen molar-refractivity contribution in [3.63, 3.8) is 0 Å². The van der Waals surface area contributed by atoms with Gasteiger partial charge in [-0.3, -0.25) is 9.48 Å². The molecule has 0 bridgehead atoms. The summed E-state index contributed by atoms with van der Waals surface area (Å²) in [7, 11) is 1.89. The zero-order valence-electron chi connectivity index (χ0n) is 14.4. The second-order valence-corrected chi connectivity index (χ2v) is 6.20. The third kappa shape index (κ3) is 3.39. The van der Waals surface area contributed by atoms with Gasteiger partial charge in [0.05, 0.1) is 12.6 Å². The number of amides is 1. The molecule has 1 aliphatic heterocycles. The van der Waals surface area contributed by atoms with E-state index in [1.165, 1.54) is 0 Å². The number of fused-ring (bicyclic) bond motifs is 1. The number of rotatable bonds is 5. The third-order valence-corrected chi connectivity index (χ3v) is 4.31. The minimum absolute atomic E-state index is 0.0372. The van der Waals surface area contributed by atoms with Gasteiger partial charge in [-0.25, -0.2) is 0 Å². The molecule has 0 spiro atoms. The Morgan fingerprint density at radius 3 is 2.88 bits per heavy atom. The number of carbonyl (C=O) groups excluding carboxylic acids is 1. The standard InChI is InChI=1S/C20H19N3O3/c1-23-12-16(11-22-23)17-5-3-2-4-15(17)10-21-20(24)9-14-6-7-18-19(8-14)26-13-25-18/h2-8,11-12H,9-10,13H2,1H3,(H,21,24). The molecule has 0 radical (unpaired) electrons. The highest BCUT2D eigenvalue weighted by Crippen LogP contribution is 2.32. The van der Waals surface area contributed by atoms with E-state index in [2.05, 4.69) is 10.4 Å². The van der Waals surface area contributed by atoms with E-state index in [1.54, 1.807) is 4.68 Å². The van der Waals surface area contributed by atoms with Crippen LogP contribution in [0.4, 0.5) is 0 Å². The van der Waals surface area contributed by atoms with Gasteiger partial charge in [-0.05, 0) is 28.8 Å². The summed E-state index contributed by atoms with van der Waals surface area (Å²) in [4.78, 5) is 12.3. The van der Waals surface area contributed by atoms with Crippen LogP contribution in [0.3, 0.4) is 0 Å². The Hall–Kier alpha value is -3.28. The summed E-state index contributed by atoms with van der Waals surface area (Å²) in [5, 5.41) is 7.21. The quantitative estimate of drug-likeness (QED) is 0.769. The number of aromatic nitrogens is 2. The van der Waals surface area contributed by atoms with E-state index in [0.29, 0.717) is 18.7 Å². The average Bonchev–Trinajstić information content (AvgIpc) is 3.28. The Kier molecular flexibility index (Phi) is 4.31. The maximum atomic E-state index is 12.3. The fourth-order valence-electron chi connectivity index (χ4n) is 3.01. The smallest absolute Gasteiger partial charge is 0.231 e. The molecule has 26 heavy (non-hydrogen) atoms. The van der Waals surface area contributed by atoms with Crippen molar-refractivity contribution >= 4 is 5.91 Å². The second kappa shape index (κ2) is 6.92. The molecule has 6 heteroatoms. The lowest BCUT2D eigenvalue weighted by Gasteiger charge is -2.10. The fourth-order valence-corrected chi connectivity index (χ4v) is 3.01. The van der Waals surface area contributed by atoms with Crippen LogP contribution in [-0.4, -0.2) is 22.5 Å². The number of benzene rings is 2. The van der Waals surface area contributed by atoms with Crippen LogP contribution < -0.4 is 14.8 Å². The van der Waals surface area contributed by atoms with Crippen molar-refractivity contribution in [2.45, 2.75) is 13.0 Å². The van der Waals surface area contributed by atoms with E-state index in [-0.39, 0.29) is 12.7 Å². The number of hydrogen-bond donors (Lipinski definition) is 1. The predicted molar refractivity (Wildman–Crippen MR) is 96.8 cm³/mol. The van der Waals surface area contributed by atoms with Crippen molar-refractivity contribution in [1.82, 2.24) is 15.1 Å². The van der Waals surface area contributed by atoms with Crippen molar-refractivity contribution in [3.8, 4) is 22.6 Å². The highest BCUT2D eigenvalue weighted by Gasteiger charge is 2.14. The molecular weight excluding hydrogens is 330 g/mol. The van der Waals surface area contributed by atoms with E-state index < -0.39 is 0 Å². The van der Waals surface area contributed by atoms with E-state index in [1.807, 2.05) is 61.9 Å². The summed E-state index contributed by atoms with van der Waals surface area (Å²) in [6.07, 6.45) is 4.09. The first-order valence-electron chi connectivity index (χ1n) is 8.41. The number of aryl methyl sites for hydroxylation is 1. The van der Waals surface area contributed by atoms with Crippen LogP contribution in [-0.2, 0) is 24.8 Å². The van der Waals surface area contributed by atoms with Crippen LogP contribution in [0.15, 0.2) is 54.9 Å². The summed E-state index contributed by atoms with van der Waals surface area (Å²) in [6, 6.07) is 13.6. The molecule has 0 saturated carbocycles. The first-order chi connectivity index (χ1) is 12.7. The molecular formula is C20H19N3O3. The SMILES string of the molecule is Cn1cc(-c2ccccc2CNC(=O)Cc2ccc3c(c2)OCO3)cn1. The second-order valence-electron chi connectivity index (χ2n) is 6.20. The summed E-state index contributed by atoms with van der Waals surface area (Å²) in [5.74, 6) is 1.38. The van der Waals surface area contributed by atoms with Crippen LogP contribution in [0, 0.1) is 0 Å². The molecule has 3 aromatic rings. The van der Waals surface area contributed by atoms with Gasteiger partial charge >= 0.3 is 0 Å². The Morgan fingerprint density at radius 2 is 2.04 bits per heavy atom. The Labute approximate surface area is 151 Å². The summed E-state index contributed by atoms with van der Waals surface area (Å²) in [6.45, 7) is 0.699. The van der Waals surface area contributed by atoms with Crippen molar-refractivity contribution in [2.24, 2.45) is 7.05 Å². The van der Waals surface area contributed by atoms with Crippen LogP contribution in [0.5, 0.6) is 11.5 Å². The molecule has 2 aromatic carbocycles. The zero-order valence-corrected chi connectivity index (χ0v) is 14.4.